The number of aliphatic hydroxyl groups excluding tert-OH is 1. The summed E-state index contributed by atoms with van der Waals surface area (Å²) >= 11 is 0. The smallest absolute Gasteiger partial charge is 0.187 e. The van der Waals surface area contributed by atoms with Gasteiger partial charge in [0.25, 0.3) is 0 Å². The van der Waals surface area contributed by atoms with E-state index in [-0.39, 0.29) is 0 Å². The predicted molar refractivity (Wildman–Crippen MR) is 92.4 cm³/mol. The van der Waals surface area contributed by atoms with Crippen molar-refractivity contribution in [2.45, 2.75) is 31.7 Å². The van der Waals surface area contributed by atoms with Crippen LogP contribution in [0.1, 0.15) is 24.8 Å². The van der Waals surface area contributed by atoms with E-state index in [0.717, 1.165) is 18.5 Å². The number of nitrogens with zero attached hydrogens (tertiary/aromatic N) is 2. The van der Waals surface area contributed by atoms with E-state index in [9.17, 15) is 5.11 Å². The fourth-order valence-electron chi connectivity index (χ4n) is 2.77. The van der Waals surface area contributed by atoms with Gasteiger partial charge in [-0.2, -0.15) is 0 Å². The number of aliphatic hydroxyl groups is 1. The molecule has 1 heterocycles. The number of nitrogens with one attached hydrogen (secondary N) is 1. The van der Waals surface area contributed by atoms with E-state index in [2.05, 4.69) is 48.7 Å². The van der Waals surface area contributed by atoms with Crippen molar-refractivity contribution in [3.05, 3.63) is 36.0 Å². The van der Waals surface area contributed by atoms with E-state index in [0.29, 0.717) is 19.3 Å². The Morgan fingerprint density at radius 2 is 2.13 bits per heavy atom. The molecule has 0 spiro atoms. The van der Waals surface area contributed by atoms with E-state index in [1.165, 1.54) is 23.8 Å². The summed E-state index contributed by atoms with van der Waals surface area (Å²) in [6.07, 6.45) is 5.13. The van der Waals surface area contributed by atoms with Gasteiger partial charge in [-0.3, -0.25) is 5.32 Å². The number of likely N-dealkylation sites (N-methyl/N-ethyl adjacent to an activating group) is 1. The standard InChI is InChI=1S/C18H27N3O2/c1-20(2)11-9-14-13-21(17-6-4-3-5-16(14)17)18(22)19-10-12-23-15-7-8-15/h3-6,13,15,18-19,22H,7-12H2,1-2H3. The number of hydrogen-bond donors (Lipinski definition) is 2. The maximum absolute atomic E-state index is 10.5. The fraction of sp³-hybridized carbons (Fsp3) is 0.556. The molecule has 1 unspecified atom stereocenters. The topological polar surface area (TPSA) is 49.7 Å². The van der Waals surface area contributed by atoms with E-state index in [1.54, 1.807) is 0 Å². The molecule has 1 aromatic heterocycles. The van der Waals surface area contributed by atoms with Crippen molar-refractivity contribution in [2.75, 3.05) is 33.8 Å². The lowest BCUT2D eigenvalue weighted by atomic mass is 10.1. The Bertz CT molecular complexity index is 634. The second-order valence-corrected chi connectivity index (χ2v) is 6.53. The Morgan fingerprint density at radius 3 is 2.87 bits per heavy atom. The molecule has 1 saturated carbocycles. The normalized spacial score (nSPS) is 16.3. The zero-order valence-corrected chi connectivity index (χ0v) is 14.0. The number of hydrogen-bond acceptors (Lipinski definition) is 4. The molecular weight excluding hydrogens is 290 g/mol. The van der Waals surface area contributed by atoms with Crippen LogP contribution in [0.5, 0.6) is 0 Å². The van der Waals surface area contributed by atoms with Crippen molar-refractivity contribution in [1.82, 2.24) is 14.8 Å². The van der Waals surface area contributed by atoms with Gasteiger partial charge < -0.3 is 19.3 Å². The second kappa shape index (κ2) is 7.45. The van der Waals surface area contributed by atoms with Crippen LogP contribution in [-0.2, 0) is 11.2 Å². The minimum absolute atomic E-state index is 0.457. The van der Waals surface area contributed by atoms with E-state index in [1.807, 2.05) is 10.6 Å². The zero-order valence-electron chi connectivity index (χ0n) is 14.0. The van der Waals surface area contributed by atoms with Crippen molar-refractivity contribution in [2.24, 2.45) is 0 Å². The number of benzene rings is 1. The van der Waals surface area contributed by atoms with Crippen molar-refractivity contribution in [1.29, 1.82) is 0 Å². The molecule has 1 fully saturated rings. The van der Waals surface area contributed by atoms with Gasteiger partial charge in [-0.1, -0.05) is 18.2 Å². The lowest BCUT2D eigenvalue weighted by Gasteiger charge is -2.16. The summed E-state index contributed by atoms with van der Waals surface area (Å²) in [5.41, 5.74) is 2.33. The molecule has 2 N–H and O–H groups in total. The van der Waals surface area contributed by atoms with Gasteiger partial charge in [-0.05, 0) is 45.0 Å². The molecule has 0 saturated heterocycles. The van der Waals surface area contributed by atoms with Gasteiger partial charge in [0.15, 0.2) is 6.35 Å². The SMILES string of the molecule is CN(C)CCc1cn(C(O)NCCOC2CC2)c2ccccc12. The van der Waals surface area contributed by atoms with E-state index >= 15 is 0 Å². The van der Waals surface area contributed by atoms with Crippen LogP contribution in [0.25, 0.3) is 10.9 Å². The third kappa shape index (κ3) is 4.32. The molecule has 0 bridgehead atoms. The minimum atomic E-state index is -0.726. The van der Waals surface area contributed by atoms with Crippen molar-refractivity contribution in [3.8, 4) is 0 Å². The Kier molecular flexibility index (Phi) is 5.33. The predicted octanol–water partition coefficient (Wildman–Crippen LogP) is 1.96. The van der Waals surface area contributed by atoms with Gasteiger partial charge in [-0.15, -0.1) is 0 Å². The first-order valence-electron chi connectivity index (χ1n) is 8.41. The first-order valence-corrected chi connectivity index (χ1v) is 8.41. The highest BCUT2D eigenvalue weighted by molar-refractivity contribution is 5.84. The minimum Gasteiger partial charge on any atom is -0.377 e. The number of fused-ring (bicyclic) bond motifs is 1. The summed E-state index contributed by atoms with van der Waals surface area (Å²) in [7, 11) is 4.16. The van der Waals surface area contributed by atoms with E-state index in [4.69, 9.17) is 4.74 Å². The molecule has 1 aliphatic carbocycles. The number of para-hydroxylation sites is 1. The van der Waals surface area contributed by atoms with Crippen LogP contribution < -0.4 is 5.32 Å². The highest BCUT2D eigenvalue weighted by atomic mass is 16.5. The molecule has 2 aromatic rings. The largest absolute Gasteiger partial charge is 0.377 e. The molecule has 5 nitrogen and oxygen atoms in total. The molecule has 0 aliphatic heterocycles. The Morgan fingerprint density at radius 1 is 1.35 bits per heavy atom. The van der Waals surface area contributed by atoms with Crippen LogP contribution >= 0.6 is 0 Å². The quantitative estimate of drug-likeness (QED) is 0.548. The van der Waals surface area contributed by atoms with Crippen molar-refractivity contribution in [3.63, 3.8) is 0 Å². The third-order valence-electron chi connectivity index (χ3n) is 4.22. The van der Waals surface area contributed by atoms with Gasteiger partial charge in [0, 0.05) is 24.7 Å². The monoisotopic (exact) mass is 317 g/mol. The number of rotatable bonds is 9. The first-order chi connectivity index (χ1) is 11.1. The molecule has 0 radical (unpaired) electrons. The summed E-state index contributed by atoms with van der Waals surface area (Å²) in [5.74, 6) is 0. The molecule has 5 heteroatoms. The fourth-order valence-corrected chi connectivity index (χ4v) is 2.77. The maximum Gasteiger partial charge on any atom is 0.187 e. The van der Waals surface area contributed by atoms with Crippen molar-refractivity contribution >= 4 is 10.9 Å². The molecule has 1 aliphatic rings. The van der Waals surface area contributed by atoms with Gasteiger partial charge in [0.05, 0.1) is 18.2 Å². The molecule has 0 amide bonds. The Balaban J connectivity index is 1.68. The molecule has 23 heavy (non-hydrogen) atoms. The lowest BCUT2D eigenvalue weighted by molar-refractivity contribution is 0.0526. The van der Waals surface area contributed by atoms with Gasteiger partial charge in [0.1, 0.15) is 0 Å². The lowest BCUT2D eigenvalue weighted by Crippen LogP contribution is -2.29. The molecule has 3 rings (SSSR count). The summed E-state index contributed by atoms with van der Waals surface area (Å²) in [6.45, 7) is 2.29. The molecule has 1 atom stereocenters. The first kappa shape index (κ1) is 16.5. The van der Waals surface area contributed by atoms with Crippen LogP contribution in [0.4, 0.5) is 0 Å². The number of aromatic nitrogens is 1. The van der Waals surface area contributed by atoms with Crippen LogP contribution in [0.2, 0.25) is 0 Å². The van der Waals surface area contributed by atoms with Gasteiger partial charge in [-0.25, -0.2) is 0 Å². The Hall–Kier alpha value is -1.40. The summed E-state index contributed by atoms with van der Waals surface area (Å²) < 4.78 is 7.52. The maximum atomic E-state index is 10.5. The zero-order chi connectivity index (χ0) is 16.2. The van der Waals surface area contributed by atoms with Crippen LogP contribution in [-0.4, -0.2) is 54.5 Å². The molecular formula is C18H27N3O2. The average molecular weight is 317 g/mol. The van der Waals surface area contributed by atoms with Crippen LogP contribution in [0.3, 0.4) is 0 Å². The highest BCUT2D eigenvalue weighted by Crippen LogP contribution is 2.24. The molecule has 1 aromatic carbocycles. The third-order valence-corrected chi connectivity index (χ3v) is 4.22. The summed E-state index contributed by atoms with van der Waals surface area (Å²) in [4.78, 5) is 2.18. The highest BCUT2D eigenvalue weighted by Gasteiger charge is 2.21. The molecule has 126 valence electrons. The van der Waals surface area contributed by atoms with Crippen molar-refractivity contribution < 1.29 is 9.84 Å². The summed E-state index contributed by atoms with van der Waals surface area (Å²) in [6, 6.07) is 8.24. The van der Waals surface area contributed by atoms with E-state index < -0.39 is 6.35 Å². The van der Waals surface area contributed by atoms with Gasteiger partial charge in [0.2, 0.25) is 0 Å². The Labute approximate surface area is 137 Å². The average Bonchev–Trinajstić information content (AvgIpc) is 3.29. The van der Waals surface area contributed by atoms with Crippen LogP contribution in [0, 0.1) is 0 Å². The summed E-state index contributed by atoms with van der Waals surface area (Å²) in [5, 5.41) is 14.8. The van der Waals surface area contributed by atoms with Gasteiger partial charge >= 0.3 is 0 Å². The number of ether oxygens (including phenoxy) is 1. The van der Waals surface area contributed by atoms with Crippen LogP contribution in [0.15, 0.2) is 30.5 Å². The second-order valence-electron chi connectivity index (χ2n) is 6.53.